The van der Waals surface area contributed by atoms with Crippen LogP contribution in [0.2, 0.25) is 0 Å². The minimum Gasteiger partial charge on any atom is -0.507 e. The molecule has 0 saturated carbocycles. The SMILES string of the molecule is Cc1cc(C)c(NC(=O)Nc2ccc(O)c(C(=O)O)c2)c(C)c1/N=c1/cc2oc3cc(Nc4c(C)cc(C)c(NC(=O)Nc5ccc(O)c(C(=O)O)c5)c4C)c(S(=O)(=O)O)cc3c(-c3ccccc3S(=O)(=O)O)c-2cc1S(=O)(=O)O. The maximum Gasteiger partial charge on any atom is 0.339 e. The lowest BCUT2D eigenvalue weighted by Crippen LogP contribution is -2.21. The number of fused-ring (bicyclic) bond motifs is 2. The molecule has 0 fully saturated rings. The molecule has 0 spiro atoms. The number of anilines is 6. The summed E-state index contributed by atoms with van der Waals surface area (Å²) in [5.41, 5.74) is 0.647. The number of benzene rings is 7. The van der Waals surface area contributed by atoms with Crippen LogP contribution in [0.15, 0.2) is 121 Å². The quantitative estimate of drug-likeness (QED) is 0.0290. The molecule has 27 heteroatoms. The lowest BCUT2D eigenvalue weighted by atomic mass is 9.93. The monoisotopic (exact) mass is 1150 g/mol. The van der Waals surface area contributed by atoms with Crippen LogP contribution in [-0.4, -0.2) is 83.3 Å². The fourth-order valence-electron chi connectivity index (χ4n) is 9.21. The van der Waals surface area contributed by atoms with Crippen LogP contribution in [0.3, 0.4) is 0 Å². The first-order valence-corrected chi connectivity index (χ1v) is 27.6. The number of phenols is 2. The van der Waals surface area contributed by atoms with Gasteiger partial charge in [-0.05, 0) is 130 Å². The van der Waals surface area contributed by atoms with E-state index in [1.807, 2.05) is 0 Å². The number of carbonyl (C=O) groups excluding carboxylic acids is 2. The van der Waals surface area contributed by atoms with E-state index in [2.05, 4.69) is 31.6 Å². The molecule has 4 amide bonds. The Hall–Kier alpha value is -9.38. The van der Waals surface area contributed by atoms with Gasteiger partial charge in [-0.1, -0.05) is 30.3 Å². The number of hydrogen-bond acceptors (Lipinski definition) is 15. The van der Waals surface area contributed by atoms with Crippen molar-refractivity contribution in [2.75, 3.05) is 26.6 Å². The molecule has 0 unspecified atom stereocenters. The number of aromatic hydroxyl groups is 2. The first kappa shape index (κ1) is 56.8. The highest BCUT2D eigenvalue weighted by Gasteiger charge is 2.30. The number of nitrogens with one attached hydrogen (secondary N) is 5. The molecule has 0 radical (unpaired) electrons. The van der Waals surface area contributed by atoms with Crippen LogP contribution in [0.5, 0.6) is 11.5 Å². The largest absolute Gasteiger partial charge is 0.507 e. The first-order chi connectivity index (χ1) is 37.3. The number of aromatic carboxylic acids is 2. The summed E-state index contributed by atoms with van der Waals surface area (Å²) in [7, 11) is -15.7. The minimum atomic E-state index is -5.31. The van der Waals surface area contributed by atoms with E-state index in [1.54, 1.807) is 46.8 Å². The van der Waals surface area contributed by atoms with Crippen LogP contribution in [-0.2, 0) is 30.4 Å². The molecule has 1 aliphatic heterocycles. The molecule has 1 aliphatic carbocycles. The molecule has 0 bridgehead atoms. The Balaban J connectivity index is 1.33. The molecule has 414 valence electrons. The van der Waals surface area contributed by atoms with Gasteiger partial charge in [0.1, 0.15) is 48.7 Å². The summed E-state index contributed by atoms with van der Waals surface area (Å²) in [6.45, 7) is 9.67. The van der Waals surface area contributed by atoms with Crippen molar-refractivity contribution in [2.45, 2.75) is 56.2 Å². The Kier molecular flexibility index (Phi) is 15.0. The number of carboxylic acids is 2. The van der Waals surface area contributed by atoms with Crippen molar-refractivity contribution in [3.05, 3.63) is 147 Å². The maximum atomic E-state index is 13.5. The number of rotatable bonds is 13. The lowest BCUT2D eigenvalue weighted by Gasteiger charge is -2.22. The van der Waals surface area contributed by atoms with E-state index in [1.165, 1.54) is 37.3 Å². The van der Waals surface area contributed by atoms with E-state index < -0.39 is 97.0 Å². The van der Waals surface area contributed by atoms with Crippen LogP contribution in [0.1, 0.15) is 54.1 Å². The zero-order valence-electron chi connectivity index (χ0n) is 42.5. The van der Waals surface area contributed by atoms with Gasteiger partial charge in [0.15, 0.2) is 0 Å². The number of aryl methyl sites for hydroxylation is 4. The summed E-state index contributed by atoms with van der Waals surface area (Å²) in [6.07, 6.45) is 0. The topological polar surface area (TPSA) is 398 Å². The molecule has 2 aliphatic rings. The zero-order valence-corrected chi connectivity index (χ0v) is 45.0. The van der Waals surface area contributed by atoms with Gasteiger partial charge in [0.05, 0.1) is 28.1 Å². The Bertz CT molecular complexity index is 4410. The number of carbonyl (C=O) groups is 4. The summed E-state index contributed by atoms with van der Waals surface area (Å²) in [4.78, 5) is 52.1. The second kappa shape index (κ2) is 21.1. The molecule has 1 heterocycles. The second-order valence-corrected chi connectivity index (χ2v) is 22.4. The van der Waals surface area contributed by atoms with E-state index in [0.29, 0.717) is 27.8 Å². The molecule has 24 nitrogen and oxygen atoms in total. The van der Waals surface area contributed by atoms with E-state index in [-0.39, 0.29) is 78.8 Å². The molecule has 0 saturated heterocycles. The number of urea groups is 2. The van der Waals surface area contributed by atoms with Crippen LogP contribution < -0.4 is 31.9 Å². The van der Waals surface area contributed by atoms with Crippen LogP contribution in [0.4, 0.5) is 49.4 Å². The molecule has 0 atom stereocenters. The van der Waals surface area contributed by atoms with Gasteiger partial charge < -0.3 is 51.4 Å². The Labute approximate surface area is 454 Å². The molecule has 0 aromatic heterocycles. The van der Waals surface area contributed by atoms with Crippen molar-refractivity contribution in [1.29, 1.82) is 0 Å². The lowest BCUT2D eigenvalue weighted by molar-refractivity contribution is 0.0682. The van der Waals surface area contributed by atoms with Gasteiger partial charge in [-0.2, -0.15) is 25.3 Å². The summed E-state index contributed by atoms with van der Waals surface area (Å²) in [5, 5.41) is 51.3. The van der Waals surface area contributed by atoms with Crippen molar-refractivity contribution in [2.24, 2.45) is 4.99 Å². The van der Waals surface area contributed by atoms with Crippen LogP contribution in [0.25, 0.3) is 33.4 Å². The highest BCUT2D eigenvalue weighted by atomic mass is 32.2. The number of nitrogens with zero attached hydrogens (tertiary/aromatic N) is 1. The third-order valence-electron chi connectivity index (χ3n) is 12.7. The molecule has 12 N–H and O–H groups in total. The average molecular weight is 1150 g/mol. The predicted molar refractivity (Wildman–Crippen MR) is 293 cm³/mol. The molecule has 6 aromatic carbocycles. The summed E-state index contributed by atoms with van der Waals surface area (Å²) in [6, 6.07) is 17.1. The fourth-order valence-corrected chi connectivity index (χ4v) is 11.2. The van der Waals surface area contributed by atoms with Gasteiger partial charge in [-0.3, -0.25) is 13.7 Å². The van der Waals surface area contributed by atoms with Crippen molar-refractivity contribution in [1.82, 2.24) is 0 Å². The highest BCUT2D eigenvalue weighted by Crippen LogP contribution is 2.46. The standard InChI is InChI=1S/C53H46N6O18S3/c1-23-15-25(3)48(58-52(66)54-29-11-13-38(60)32(17-29)50(62)63)27(5)46(23)56-36-21-40-34(19-43(36)79(71,72)73)45(31-9-7-8-10-42(31)78(68,69)70)35-20-44(80(74,75)76)37(22-41(35)77-40)57-47-24(2)16-26(4)49(28(47)6)59-53(67)55-30-12-14-39(61)33(18-30)51(64)65/h7-22,56,60-61H,1-6H3,(H,62,63)(H,64,65)(H2,54,58,66)(H2,55,59,67)(H,68,69,70)(H,71,72,73)(H,74,75,76)/b57-37-. The number of hydrogen-bond donors (Lipinski definition) is 12. The van der Waals surface area contributed by atoms with Gasteiger partial charge in [0, 0.05) is 51.3 Å². The van der Waals surface area contributed by atoms with E-state index in [0.717, 1.165) is 54.6 Å². The molecular formula is C53H46N6O18S3. The van der Waals surface area contributed by atoms with Gasteiger partial charge in [0.25, 0.3) is 30.4 Å². The molecule has 8 rings (SSSR count). The highest BCUT2D eigenvalue weighted by molar-refractivity contribution is 7.86. The van der Waals surface area contributed by atoms with Gasteiger partial charge in [-0.25, -0.2) is 24.2 Å². The van der Waals surface area contributed by atoms with Crippen molar-refractivity contribution in [3.8, 4) is 33.9 Å². The minimum absolute atomic E-state index is 0.00347. The molecule has 80 heavy (non-hydrogen) atoms. The smallest absolute Gasteiger partial charge is 0.339 e. The van der Waals surface area contributed by atoms with Gasteiger partial charge in [0.2, 0.25) is 0 Å². The van der Waals surface area contributed by atoms with E-state index >= 15 is 0 Å². The molecule has 6 aromatic rings. The third-order valence-corrected chi connectivity index (χ3v) is 15.4. The number of amides is 4. The van der Waals surface area contributed by atoms with Crippen molar-refractivity contribution < 1.29 is 82.9 Å². The van der Waals surface area contributed by atoms with Crippen LogP contribution >= 0.6 is 0 Å². The Morgan fingerprint density at radius 1 is 0.512 bits per heavy atom. The van der Waals surface area contributed by atoms with Crippen molar-refractivity contribution in [3.63, 3.8) is 0 Å². The summed E-state index contributed by atoms with van der Waals surface area (Å²) < 4.78 is 119. The summed E-state index contributed by atoms with van der Waals surface area (Å²) >= 11 is 0. The second-order valence-electron chi connectivity index (χ2n) is 18.3. The Morgan fingerprint density at radius 2 is 1.01 bits per heavy atom. The predicted octanol–water partition coefficient (Wildman–Crippen LogP) is 9.87. The fraction of sp³-hybridized carbons (Fsp3) is 0.113. The van der Waals surface area contributed by atoms with E-state index in [4.69, 9.17) is 4.42 Å². The van der Waals surface area contributed by atoms with Crippen LogP contribution in [0, 0.1) is 41.5 Å². The normalized spacial score (nSPS) is 12.1. The van der Waals surface area contributed by atoms with Crippen molar-refractivity contribution >= 4 is 105 Å². The first-order valence-electron chi connectivity index (χ1n) is 23.2. The van der Waals surface area contributed by atoms with Gasteiger partial charge >= 0.3 is 24.0 Å². The molecular weight excluding hydrogens is 1100 g/mol. The Morgan fingerprint density at radius 3 is 1.54 bits per heavy atom. The third kappa shape index (κ3) is 11.4. The average Bonchev–Trinajstić information content (AvgIpc) is 3.56. The number of carboxylic acid groups (broad SMARTS) is 2. The summed E-state index contributed by atoms with van der Waals surface area (Å²) in [5.74, 6) is -4.26. The van der Waals surface area contributed by atoms with Gasteiger partial charge in [-0.15, -0.1) is 0 Å². The zero-order chi connectivity index (χ0) is 58.7. The maximum absolute atomic E-state index is 13.5. The van der Waals surface area contributed by atoms with E-state index in [9.17, 15) is 78.5 Å².